The summed E-state index contributed by atoms with van der Waals surface area (Å²) in [6, 6.07) is 38.4. The predicted octanol–water partition coefficient (Wildman–Crippen LogP) is 14.8. The first-order valence-corrected chi connectivity index (χ1v) is 32.7. The van der Waals surface area contributed by atoms with Crippen molar-refractivity contribution in [1.29, 1.82) is 21.0 Å². The number of carbonyl (C=O) groups excluding carboxylic acids is 6. The van der Waals surface area contributed by atoms with E-state index in [0.717, 1.165) is 55.8 Å². The molecule has 102 heavy (non-hydrogen) atoms. The lowest BCUT2D eigenvalue weighted by Gasteiger charge is -2.28. The summed E-state index contributed by atoms with van der Waals surface area (Å²) in [5.74, 6) is -1.11. The van der Waals surface area contributed by atoms with Gasteiger partial charge < -0.3 is 53.1 Å². The molecule has 9 rings (SSSR count). The van der Waals surface area contributed by atoms with Crippen molar-refractivity contribution in [2.75, 3.05) is 26.4 Å². The smallest absolute Gasteiger partial charge is 0.338 e. The second-order valence-electron chi connectivity index (χ2n) is 23.5. The van der Waals surface area contributed by atoms with E-state index >= 15 is 0 Å². The fourth-order valence-corrected chi connectivity index (χ4v) is 12.0. The zero-order valence-electron chi connectivity index (χ0n) is 60.3. The van der Waals surface area contributed by atoms with Gasteiger partial charge in [-0.15, -0.1) is 0 Å². The van der Waals surface area contributed by atoms with Crippen molar-refractivity contribution in [3.8, 4) is 47.0 Å². The molecule has 0 amide bonds. The Balaban J connectivity index is 0.000000214. The van der Waals surface area contributed by atoms with Crippen LogP contribution in [-0.2, 0) is 66.7 Å². The third-order valence-electron chi connectivity index (χ3n) is 16.3. The van der Waals surface area contributed by atoms with Gasteiger partial charge in [-0.05, 0) is 161 Å². The molecule has 0 radical (unpaired) electrons. The Morgan fingerprint density at radius 2 is 0.804 bits per heavy atom. The van der Waals surface area contributed by atoms with E-state index in [9.17, 15) is 49.8 Å². The minimum absolute atomic E-state index is 0.0274. The Labute approximate surface area is 594 Å². The van der Waals surface area contributed by atoms with Gasteiger partial charge in [-0.25, -0.2) is 19.2 Å². The van der Waals surface area contributed by atoms with Crippen LogP contribution in [0.3, 0.4) is 0 Å². The average molecular weight is 1380 g/mol. The lowest BCUT2D eigenvalue weighted by molar-refractivity contribution is -0.140. The number of hydrogen-bond donors (Lipinski definition) is 1. The number of allylic oxidation sites excluding steroid dienone is 11. The molecule has 22 nitrogen and oxygen atoms in total. The van der Waals surface area contributed by atoms with E-state index in [1.807, 2.05) is 99.6 Å². The Hall–Kier alpha value is -12.3. The van der Waals surface area contributed by atoms with Crippen LogP contribution in [-0.4, -0.2) is 67.2 Å². The number of carbonyl (C=O) groups is 6. The SMILES string of the molecule is CCOC(=O)C1=C(C)OC(C)=C(C#N)C1c1cc(C)c(OC(C)=O)c(C)c1.CCOC(=O)C1=C(C)OC(C)=C(C#N)C1c1ccc(-c2ccccn2)cc1.CCOC(=O)C1=C(C)OC(C)=C(C#N)C1c1ccc(OC(C)=O)c(C)c1.CCOC(=O)C1=C(C)OC(N)=C(C#N)C1c1cccc(C)c1. The van der Waals surface area contributed by atoms with Gasteiger partial charge in [0.05, 0.1) is 113 Å². The number of ether oxygens (including phenoxy) is 10. The molecule has 5 heterocycles. The molecule has 5 aromatic rings. The molecule has 0 spiro atoms. The van der Waals surface area contributed by atoms with Crippen LogP contribution in [0.25, 0.3) is 11.3 Å². The highest BCUT2D eigenvalue weighted by molar-refractivity contribution is 5.95. The zero-order chi connectivity index (χ0) is 75.4. The number of aromatic nitrogens is 1. The maximum absolute atomic E-state index is 12.6. The lowest BCUT2D eigenvalue weighted by atomic mass is 9.81. The van der Waals surface area contributed by atoms with Crippen LogP contribution in [0.2, 0.25) is 0 Å². The summed E-state index contributed by atoms with van der Waals surface area (Å²) in [6.07, 6.45) is 1.74. The first kappa shape index (κ1) is 78.7. The molecular formula is C80H82N6O16. The number of aryl methyl sites for hydroxylation is 4. The molecule has 4 unspecified atom stereocenters. The molecule has 2 N–H and O–H groups in total. The maximum Gasteiger partial charge on any atom is 0.338 e. The van der Waals surface area contributed by atoms with E-state index in [2.05, 4.69) is 29.3 Å². The third kappa shape index (κ3) is 18.5. The quantitative estimate of drug-likeness (QED) is 0.0578. The summed E-state index contributed by atoms with van der Waals surface area (Å²) in [5.41, 5.74) is 16.6. The average Bonchev–Trinajstić information content (AvgIpc) is 0.789. The molecule has 0 saturated heterocycles. The molecule has 0 fully saturated rings. The second-order valence-corrected chi connectivity index (χ2v) is 23.5. The first-order valence-electron chi connectivity index (χ1n) is 32.7. The standard InChI is InChI=1S/C22H20N2O3.C21H23NO5.C20H21NO5.C17H18N2O3/c1-4-26-22(25)20-15(3)27-14(2)18(13-23)21(20)17-10-8-16(9-11-17)19-7-5-6-12-24-19;1-7-25-21(24)18-14(5)26-13(4)17(10-22)19(18)16-8-11(2)20(12(3)9-16)27-15(6)23;1-6-24-20(23)18-13(4)25-12(3)16(10-21)19(18)15-7-8-17(11(2)9-15)26-14(5)22;1-4-21-17(20)14-11(3)22-16(19)13(9-18)15(14)12-7-5-6-10(2)8-12/h5-12,21H,4H2,1-3H3;8-9,19H,7H2,1-6H3;7-9,19H,6H2,1-5H3;5-8,15H,4,19H2,1-3H3. The van der Waals surface area contributed by atoms with Crippen molar-refractivity contribution in [2.45, 2.75) is 141 Å². The van der Waals surface area contributed by atoms with Gasteiger partial charge in [-0.2, -0.15) is 21.0 Å². The highest BCUT2D eigenvalue weighted by Gasteiger charge is 2.40. The first-order chi connectivity index (χ1) is 48.6. The van der Waals surface area contributed by atoms with E-state index < -0.39 is 59.5 Å². The summed E-state index contributed by atoms with van der Waals surface area (Å²) >= 11 is 0. The van der Waals surface area contributed by atoms with Crippen LogP contribution in [0.15, 0.2) is 194 Å². The van der Waals surface area contributed by atoms with E-state index in [-0.39, 0.29) is 37.9 Å². The molecule has 4 aromatic carbocycles. The molecule has 528 valence electrons. The topological polar surface area (TPSA) is 329 Å². The van der Waals surface area contributed by atoms with Gasteiger partial charge >= 0.3 is 35.8 Å². The van der Waals surface area contributed by atoms with Crippen molar-refractivity contribution in [2.24, 2.45) is 5.73 Å². The van der Waals surface area contributed by atoms with Crippen molar-refractivity contribution in [3.05, 3.63) is 239 Å². The maximum atomic E-state index is 12.6. The molecule has 4 aliphatic heterocycles. The van der Waals surface area contributed by atoms with Crippen LogP contribution in [0, 0.1) is 73.0 Å². The van der Waals surface area contributed by atoms with E-state index in [4.69, 9.17) is 53.1 Å². The Bertz CT molecular complexity index is 4550. The zero-order valence-corrected chi connectivity index (χ0v) is 60.3. The second kappa shape index (κ2) is 36.0. The summed E-state index contributed by atoms with van der Waals surface area (Å²) in [4.78, 5) is 76.8. The number of nitrogens with zero attached hydrogens (tertiary/aromatic N) is 5. The van der Waals surface area contributed by atoms with Crippen molar-refractivity contribution >= 4 is 35.8 Å². The predicted molar refractivity (Wildman–Crippen MR) is 375 cm³/mol. The fraction of sp³-hybridized carbons (Fsp3) is 0.312. The minimum atomic E-state index is -0.605. The van der Waals surface area contributed by atoms with E-state index in [1.54, 1.807) is 107 Å². The van der Waals surface area contributed by atoms with Crippen LogP contribution in [0.4, 0.5) is 0 Å². The molecular weight excluding hydrogens is 1300 g/mol. The third-order valence-corrected chi connectivity index (χ3v) is 16.3. The van der Waals surface area contributed by atoms with Gasteiger partial charge in [0.2, 0.25) is 5.88 Å². The van der Waals surface area contributed by atoms with Crippen LogP contribution >= 0.6 is 0 Å². The summed E-state index contributed by atoms with van der Waals surface area (Å²) in [6.45, 7) is 29.8. The summed E-state index contributed by atoms with van der Waals surface area (Å²) in [7, 11) is 0. The molecule has 1 aromatic heterocycles. The Morgan fingerprint density at radius 3 is 1.19 bits per heavy atom. The highest BCUT2D eigenvalue weighted by atomic mass is 16.6. The number of benzene rings is 4. The van der Waals surface area contributed by atoms with Crippen LogP contribution < -0.4 is 15.2 Å². The van der Waals surface area contributed by atoms with E-state index in [0.29, 0.717) is 90.8 Å². The van der Waals surface area contributed by atoms with Gasteiger partial charge in [-0.3, -0.25) is 14.6 Å². The Kier molecular flexibility index (Phi) is 27.8. The fourth-order valence-electron chi connectivity index (χ4n) is 12.0. The molecule has 0 saturated carbocycles. The van der Waals surface area contributed by atoms with Crippen molar-refractivity contribution in [3.63, 3.8) is 0 Å². The molecule has 22 heteroatoms. The van der Waals surface area contributed by atoms with Crippen molar-refractivity contribution in [1.82, 2.24) is 4.98 Å². The largest absolute Gasteiger partial charge is 0.465 e. The number of hydrogen-bond acceptors (Lipinski definition) is 22. The highest BCUT2D eigenvalue weighted by Crippen LogP contribution is 2.46. The lowest BCUT2D eigenvalue weighted by Crippen LogP contribution is -2.25. The molecule has 4 atom stereocenters. The minimum Gasteiger partial charge on any atom is -0.465 e. The number of nitrogens with two attached hydrogens (primary N) is 1. The normalized spacial score (nSPS) is 16.9. The van der Waals surface area contributed by atoms with E-state index in [1.165, 1.54) is 13.8 Å². The van der Waals surface area contributed by atoms with Crippen LogP contribution in [0.5, 0.6) is 11.5 Å². The van der Waals surface area contributed by atoms with Gasteiger partial charge in [-0.1, -0.05) is 84.4 Å². The Morgan fingerprint density at radius 1 is 0.422 bits per heavy atom. The van der Waals surface area contributed by atoms with Gasteiger partial charge in [0, 0.05) is 25.6 Å². The number of esters is 6. The number of rotatable bonds is 15. The van der Waals surface area contributed by atoms with Gasteiger partial charge in [0.25, 0.3) is 0 Å². The number of pyridine rings is 1. The number of nitriles is 4. The van der Waals surface area contributed by atoms with Crippen LogP contribution in [0.1, 0.15) is 158 Å². The molecule has 0 bridgehead atoms. The van der Waals surface area contributed by atoms with Crippen molar-refractivity contribution < 1.29 is 76.1 Å². The molecule has 4 aliphatic rings. The van der Waals surface area contributed by atoms with Gasteiger partial charge in [0.1, 0.15) is 63.5 Å². The summed E-state index contributed by atoms with van der Waals surface area (Å²) in [5, 5.41) is 38.4. The molecule has 0 aliphatic carbocycles. The van der Waals surface area contributed by atoms with Gasteiger partial charge in [0.15, 0.2) is 0 Å². The summed E-state index contributed by atoms with van der Waals surface area (Å²) < 4.78 is 53.3. The monoisotopic (exact) mass is 1380 g/mol.